The van der Waals surface area contributed by atoms with E-state index in [4.69, 9.17) is 0 Å². The van der Waals surface area contributed by atoms with Crippen LogP contribution in [0.4, 0.5) is 4.39 Å². The maximum absolute atomic E-state index is 13.4. The number of carbonyl (C=O) groups is 3. The number of aromatic nitrogens is 2. The van der Waals surface area contributed by atoms with Crippen molar-refractivity contribution in [3.63, 3.8) is 0 Å². The summed E-state index contributed by atoms with van der Waals surface area (Å²) in [5.41, 5.74) is 0.687. The van der Waals surface area contributed by atoms with E-state index in [1.807, 2.05) is 0 Å². The third kappa shape index (κ3) is 3.94. The summed E-state index contributed by atoms with van der Waals surface area (Å²) in [6.45, 7) is 1.64. The molecule has 1 aliphatic heterocycles. The standard InChI is InChI=1S/C22H19FN4O4/c1-12-25-16-7-3-5-14(11-24-20(29)13-4-2-6-15(23)10-13)19(16)22(31)27(12)17-8-9-18(28)26-21(17)30/h2-7,10,17H,8-9,11H2,1H3,(H,24,29)(H,26,28,30). The van der Waals surface area contributed by atoms with Gasteiger partial charge in [0.05, 0.1) is 10.9 Å². The number of hydrogen-bond acceptors (Lipinski definition) is 5. The van der Waals surface area contributed by atoms with Crippen molar-refractivity contribution in [3.05, 3.63) is 75.6 Å². The predicted molar refractivity (Wildman–Crippen MR) is 110 cm³/mol. The van der Waals surface area contributed by atoms with Crippen molar-refractivity contribution in [2.24, 2.45) is 0 Å². The smallest absolute Gasteiger partial charge is 0.262 e. The summed E-state index contributed by atoms with van der Waals surface area (Å²) in [7, 11) is 0. The van der Waals surface area contributed by atoms with Crippen LogP contribution in [-0.2, 0) is 16.1 Å². The minimum atomic E-state index is -0.836. The molecule has 2 N–H and O–H groups in total. The first-order valence-electron chi connectivity index (χ1n) is 9.73. The first kappa shape index (κ1) is 20.4. The zero-order valence-electron chi connectivity index (χ0n) is 16.6. The van der Waals surface area contributed by atoms with Crippen molar-refractivity contribution in [1.29, 1.82) is 0 Å². The third-order valence-electron chi connectivity index (χ3n) is 5.24. The molecule has 0 aliphatic carbocycles. The topological polar surface area (TPSA) is 110 Å². The number of fused-ring (bicyclic) bond motifs is 1. The molecule has 1 aliphatic rings. The molecule has 0 bridgehead atoms. The lowest BCUT2D eigenvalue weighted by molar-refractivity contribution is -0.135. The average Bonchev–Trinajstić information content (AvgIpc) is 2.73. The van der Waals surface area contributed by atoms with Gasteiger partial charge in [-0.2, -0.15) is 0 Å². The predicted octanol–water partition coefficient (Wildman–Crippen LogP) is 1.75. The van der Waals surface area contributed by atoms with Gasteiger partial charge in [0.1, 0.15) is 17.7 Å². The molecule has 3 amide bonds. The van der Waals surface area contributed by atoms with Crippen LogP contribution in [0, 0.1) is 12.7 Å². The van der Waals surface area contributed by atoms with Gasteiger partial charge in [0.2, 0.25) is 11.8 Å². The van der Waals surface area contributed by atoms with Gasteiger partial charge in [-0.05, 0) is 43.2 Å². The van der Waals surface area contributed by atoms with Gasteiger partial charge in [-0.3, -0.25) is 29.1 Å². The van der Waals surface area contributed by atoms with Gasteiger partial charge in [-0.1, -0.05) is 18.2 Å². The van der Waals surface area contributed by atoms with E-state index in [2.05, 4.69) is 15.6 Å². The highest BCUT2D eigenvalue weighted by atomic mass is 19.1. The Morgan fingerprint density at radius 2 is 2.00 bits per heavy atom. The first-order chi connectivity index (χ1) is 14.8. The van der Waals surface area contributed by atoms with E-state index < -0.39 is 29.2 Å². The van der Waals surface area contributed by atoms with Crippen LogP contribution in [0.3, 0.4) is 0 Å². The van der Waals surface area contributed by atoms with Crippen LogP contribution >= 0.6 is 0 Å². The van der Waals surface area contributed by atoms with Crippen molar-refractivity contribution in [3.8, 4) is 0 Å². The highest BCUT2D eigenvalue weighted by molar-refractivity contribution is 5.99. The number of aryl methyl sites for hydroxylation is 1. The minimum absolute atomic E-state index is 0.0159. The number of amides is 3. The van der Waals surface area contributed by atoms with Gasteiger partial charge in [-0.25, -0.2) is 9.37 Å². The highest BCUT2D eigenvalue weighted by Crippen LogP contribution is 2.21. The Kier molecular flexibility index (Phi) is 5.33. The molecule has 158 valence electrons. The number of rotatable bonds is 4. The molecule has 0 radical (unpaired) electrons. The van der Waals surface area contributed by atoms with Crippen LogP contribution in [0.25, 0.3) is 10.9 Å². The van der Waals surface area contributed by atoms with Crippen LogP contribution in [0.15, 0.2) is 47.3 Å². The lowest BCUT2D eigenvalue weighted by Gasteiger charge is -2.24. The van der Waals surface area contributed by atoms with Gasteiger partial charge in [-0.15, -0.1) is 0 Å². The monoisotopic (exact) mass is 422 g/mol. The van der Waals surface area contributed by atoms with Gasteiger partial charge in [0, 0.05) is 18.5 Å². The summed E-state index contributed by atoms with van der Waals surface area (Å²) < 4.78 is 14.7. The second kappa shape index (κ2) is 8.10. The van der Waals surface area contributed by atoms with Gasteiger partial charge in [0.25, 0.3) is 11.5 Å². The normalized spacial score (nSPS) is 16.3. The molecule has 0 saturated carbocycles. The van der Waals surface area contributed by atoms with Gasteiger partial charge in [0.15, 0.2) is 0 Å². The fourth-order valence-electron chi connectivity index (χ4n) is 3.77. The molecule has 1 fully saturated rings. The van der Waals surface area contributed by atoms with Crippen molar-refractivity contribution in [2.75, 3.05) is 0 Å². The van der Waals surface area contributed by atoms with Crippen molar-refractivity contribution in [1.82, 2.24) is 20.2 Å². The summed E-state index contributed by atoms with van der Waals surface area (Å²) in [5, 5.41) is 5.21. The summed E-state index contributed by atoms with van der Waals surface area (Å²) in [6, 6.07) is 9.53. The number of piperidine rings is 1. The number of benzene rings is 2. The lowest BCUT2D eigenvalue weighted by atomic mass is 10.0. The second-order valence-corrected chi connectivity index (χ2v) is 7.31. The molecular weight excluding hydrogens is 403 g/mol. The maximum atomic E-state index is 13.4. The Morgan fingerprint density at radius 3 is 2.74 bits per heavy atom. The molecule has 31 heavy (non-hydrogen) atoms. The van der Waals surface area contributed by atoms with E-state index in [9.17, 15) is 23.6 Å². The van der Waals surface area contributed by atoms with E-state index in [-0.39, 0.29) is 36.2 Å². The lowest BCUT2D eigenvalue weighted by Crippen LogP contribution is -2.45. The zero-order chi connectivity index (χ0) is 22.1. The van der Waals surface area contributed by atoms with Crippen molar-refractivity contribution in [2.45, 2.75) is 32.4 Å². The molecule has 8 nitrogen and oxygen atoms in total. The Hall–Kier alpha value is -3.88. The zero-order valence-corrected chi connectivity index (χ0v) is 16.6. The van der Waals surface area contributed by atoms with Crippen LogP contribution in [0.2, 0.25) is 0 Å². The molecule has 2 heterocycles. The number of halogens is 1. The van der Waals surface area contributed by atoms with Crippen molar-refractivity contribution < 1.29 is 18.8 Å². The number of nitrogens with one attached hydrogen (secondary N) is 2. The van der Waals surface area contributed by atoms with E-state index in [1.165, 1.54) is 22.8 Å². The van der Waals surface area contributed by atoms with Crippen LogP contribution < -0.4 is 16.2 Å². The molecule has 1 aromatic heterocycles. The summed E-state index contributed by atoms with van der Waals surface area (Å²) in [5.74, 6) is -1.57. The van der Waals surface area contributed by atoms with E-state index in [0.717, 1.165) is 6.07 Å². The minimum Gasteiger partial charge on any atom is -0.348 e. The van der Waals surface area contributed by atoms with Gasteiger partial charge < -0.3 is 5.32 Å². The number of imide groups is 1. The second-order valence-electron chi connectivity index (χ2n) is 7.31. The summed E-state index contributed by atoms with van der Waals surface area (Å²) >= 11 is 0. The van der Waals surface area contributed by atoms with E-state index >= 15 is 0 Å². The molecule has 4 rings (SSSR count). The fraction of sp³-hybridized carbons (Fsp3) is 0.227. The SMILES string of the molecule is Cc1nc2cccc(CNC(=O)c3cccc(F)c3)c2c(=O)n1C1CCC(=O)NC1=O. The largest absolute Gasteiger partial charge is 0.348 e. The molecule has 3 aromatic rings. The highest BCUT2D eigenvalue weighted by Gasteiger charge is 2.30. The van der Waals surface area contributed by atoms with Crippen LogP contribution in [0.1, 0.15) is 40.6 Å². The van der Waals surface area contributed by atoms with Crippen LogP contribution in [-0.4, -0.2) is 27.3 Å². The van der Waals surface area contributed by atoms with Crippen LogP contribution in [0.5, 0.6) is 0 Å². The number of nitrogens with zero attached hydrogens (tertiary/aromatic N) is 2. The Morgan fingerprint density at radius 1 is 1.23 bits per heavy atom. The molecular formula is C22H19FN4O4. The molecule has 1 unspecified atom stereocenters. The number of hydrogen-bond donors (Lipinski definition) is 2. The summed E-state index contributed by atoms with van der Waals surface area (Å²) in [4.78, 5) is 54.0. The van der Waals surface area contributed by atoms with Crippen molar-refractivity contribution >= 4 is 28.6 Å². The fourth-order valence-corrected chi connectivity index (χ4v) is 3.77. The molecule has 9 heteroatoms. The van der Waals surface area contributed by atoms with E-state index in [1.54, 1.807) is 25.1 Å². The quantitative estimate of drug-likeness (QED) is 0.623. The molecule has 0 spiro atoms. The Bertz CT molecular complexity index is 1280. The van der Waals surface area contributed by atoms with Gasteiger partial charge >= 0.3 is 0 Å². The Labute approximate surface area is 176 Å². The number of carbonyl (C=O) groups excluding carboxylic acids is 3. The molecule has 1 atom stereocenters. The maximum Gasteiger partial charge on any atom is 0.262 e. The van der Waals surface area contributed by atoms with E-state index in [0.29, 0.717) is 16.9 Å². The summed E-state index contributed by atoms with van der Waals surface area (Å²) in [6.07, 6.45) is 0.336. The molecule has 1 saturated heterocycles. The molecule has 2 aromatic carbocycles. The third-order valence-corrected chi connectivity index (χ3v) is 5.24. The average molecular weight is 422 g/mol. The Balaban J connectivity index is 1.70. The first-order valence-corrected chi connectivity index (χ1v) is 9.73.